The molecule has 0 amide bonds. The lowest BCUT2D eigenvalue weighted by Crippen LogP contribution is -1.79. The van der Waals surface area contributed by atoms with Crippen molar-refractivity contribution in [3.63, 3.8) is 0 Å². The van der Waals surface area contributed by atoms with Crippen LogP contribution in [0.15, 0.2) is 48.4 Å². The Morgan fingerprint density at radius 1 is 1.18 bits per heavy atom. The molecule has 0 aliphatic carbocycles. The van der Waals surface area contributed by atoms with E-state index in [1.54, 1.807) is 57.6 Å². The van der Waals surface area contributed by atoms with Gasteiger partial charge in [-0.15, -0.1) is 0 Å². The fraction of sp³-hybridized carbons (Fsp3) is 0.231. The minimum atomic E-state index is 0.260. The molecule has 4 nitrogen and oxygen atoms in total. The molecule has 0 bridgehead atoms. The van der Waals surface area contributed by atoms with Crippen LogP contribution in [0.25, 0.3) is 0 Å². The Labute approximate surface area is 101 Å². The van der Waals surface area contributed by atoms with Gasteiger partial charge in [0.2, 0.25) is 0 Å². The minimum absolute atomic E-state index is 0.260. The average molecular weight is 238 g/mol. The van der Waals surface area contributed by atoms with Gasteiger partial charge in [-0.2, -0.15) is 0 Å². The van der Waals surface area contributed by atoms with E-state index in [1.807, 2.05) is 0 Å². The highest BCUT2D eigenvalue weighted by atomic mass is 16.5. The summed E-state index contributed by atoms with van der Waals surface area (Å²) in [5, 5.41) is 17.3. The van der Waals surface area contributed by atoms with Crippen molar-refractivity contribution in [2.45, 2.75) is 6.92 Å². The summed E-state index contributed by atoms with van der Waals surface area (Å²) in [7, 11) is 3.14. The lowest BCUT2D eigenvalue weighted by Gasteiger charge is -1.96. The molecular weight excluding hydrogens is 220 g/mol. The normalized spacial score (nSPS) is 10.6. The van der Waals surface area contributed by atoms with E-state index < -0.39 is 0 Å². The van der Waals surface area contributed by atoms with Crippen molar-refractivity contribution in [1.29, 1.82) is 0 Å². The number of rotatable bonds is 3. The van der Waals surface area contributed by atoms with Crippen molar-refractivity contribution < 1.29 is 19.7 Å². The van der Waals surface area contributed by atoms with Crippen LogP contribution in [0, 0.1) is 0 Å². The second-order valence-corrected chi connectivity index (χ2v) is 3.07. The van der Waals surface area contributed by atoms with Crippen LogP contribution in [-0.4, -0.2) is 24.4 Å². The molecule has 0 atom stereocenters. The Kier molecular flexibility index (Phi) is 8.02. The highest BCUT2D eigenvalue weighted by Crippen LogP contribution is 2.14. The van der Waals surface area contributed by atoms with Crippen LogP contribution in [-0.2, 0) is 4.74 Å². The fourth-order valence-corrected chi connectivity index (χ4v) is 0.839. The number of allylic oxidation sites excluding steroid dienone is 3. The molecule has 0 heterocycles. The second-order valence-electron chi connectivity index (χ2n) is 3.07. The Morgan fingerprint density at radius 2 is 1.76 bits per heavy atom. The van der Waals surface area contributed by atoms with Gasteiger partial charge < -0.3 is 19.7 Å². The van der Waals surface area contributed by atoms with Gasteiger partial charge in [-0.25, -0.2) is 0 Å². The van der Waals surface area contributed by atoms with Crippen LogP contribution in [0.4, 0.5) is 0 Å². The third-order valence-corrected chi connectivity index (χ3v) is 1.62. The van der Waals surface area contributed by atoms with Crippen molar-refractivity contribution in [2.75, 3.05) is 14.2 Å². The molecule has 0 spiro atoms. The maximum absolute atomic E-state index is 8.80. The number of benzene rings is 1. The largest absolute Gasteiger partial charge is 0.513 e. The molecular formula is C13H18O4. The molecule has 1 rings (SSSR count). The summed E-state index contributed by atoms with van der Waals surface area (Å²) in [6.07, 6.45) is 4.65. The zero-order valence-corrected chi connectivity index (χ0v) is 10.3. The summed E-state index contributed by atoms with van der Waals surface area (Å²) in [6.45, 7) is 1.60. The summed E-state index contributed by atoms with van der Waals surface area (Å²) >= 11 is 0. The first-order valence-electron chi connectivity index (χ1n) is 4.98. The lowest BCUT2D eigenvalue weighted by molar-refractivity contribution is 0.337. The molecule has 0 unspecified atom stereocenters. The van der Waals surface area contributed by atoms with Gasteiger partial charge in [0.25, 0.3) is 0 Å². The first-order valence-corrected chi connectivity index (χ1v) is 4.98. The number of hydrogen-bond donors (Lipinski definition) is 2. The smallest absolute Gasteiger partial charge is 0.119 e. The average Bonchev–Trinajstić information content (AvgIpc) is 2.31. The van der Waals surface area contributed by atoms with E-state index >= 15 is 0 Å². The van der Waals surface area contributed by atoms with E-state index in [9.17, 15) is 0 Å². The Morgan fingerprint density at radius 3 is 2.18 bits per heavy atom. The molecule has 0 fully saturated rings. The van der Waals surface area contributed by atoms with E-state index in [0.29, 0.717) is 0 Å². The molecule has 1 aromatic carbocycles. The zero-order chi connectivity index (χ0) is 13.1. The molecule has 0 aliphatic rings. The monoisotopic (exact) mass is 238 g/mol. The lowest BCUT2D eigenvalue weighted by atomic mass is 10.3. The van der Waals surface area contributed by atoms with Crippen molar-refractivity contribution in [1.82, 2.24) is 0 Å². The Balaban J connectivity index is 0.000000304. The molecule has 4 heteroatoms. The summed E-state index contributed by atoms with van der Waals surface area (Å²) in [6, 6.07) is 6.57. The van der Waals surface area contributed by atoms with E-state index in [4.69, 9.17) is 14.9 Å². The van der Waals surface area contributed by atoms with Gasteiger partial charge in [0.15, 0.2) is 0 Å². The van der Waals surface area contributed by atoms with Gasteiger partial charge in [0, 0.05) is 0 Å². The molecule has 2 N–H and O–H groups in total. The van der Waals surface area contributed by atoms with Gasteiger partial charge in [0.1, 0.15) is 11.5 Å². The van der Waals surface area contributed by atoms with Crippen LogP contribution in [0.3, 0.4) is 0 Å². The standard InChI is InChI=1S/C7H8O2.C6H10O2/c1-9-7-4-2-6(8)3-5-7;1-6(7)4-3-5-8-2/h2-5,8H,1H3;3-5,7H,1-2H3/b;5-3+,6-4+. The maximum atomic E-state index is 8.80. The van der Waals surface area contributed by atoms with Crippen LogP contribution >= 0.6 is 0 Å². The molecule has 0 saturated heterocycles. The fourth-order valence-electron chi connectivity index (χ4n) is 0.839. The van der Waals surface area contributed by atoms with E-state index in [2.05, 4.69) is 4.74 Å². The third-order valence-electron chi connectivity index (χ3n) is 1.62. The molecule has 94 valence electrons. The van der Waals surface area contributed by atoms with Gasteiger partial charge in [-0.3, -0.25) is 0 Å². The van der Waals surface area contributed by atoms with Gasteiger partial charge in [-0.05, 0) is 43.3 Å². The van der Waals surface area contributed by atoms with Crippen LogP contribution in [0.5, 0.6) is 11.5 Å². The number of methoxy groups -OCH3 is 2. The highest BCUT2D eigenvalue weighted by molar-refractivity contribution is 5.29. The van der Waals surface area contributed by atoms with Gasteiger partial charge >= 0.3 is 0 Å². The van der Waals surface area contributed by atoms with Crippen LogP contribution < -0.4 is 4.74 Å². The van der Waals surface area contributed by atoms with Gasteiger partial charge in [0.05, 0.1) is 26.2 Å². The van der Waals surface area contributed by atoms with E-state index in [0.717, 1.165) is 5.75 Å². The number of aliphatic hydroxyl groups excluding tert-OH is 1. The quantitative estimate of drug-likeness (QED) is 0.627. The Hall–Kier alpha value is -2.10. The predicted octanol–water partition coefficient (Wildman–Crippen LogP) is 3.01. The molecule has 0 saturated carbocycles. The minimum Gasteiger partial charge on any atom is -0.513 e. The topological polar surface area (TPSA) is 58.9 Å². The maximum Gasteiger partial charge on any atom is 0.119 e. The third kappa shape index (κ3) is 8.87. The summed E-state index contributed by atoms with van der Waals surface area (Å²) in [5.74, 6) is 1.29. The molecule has 0 aromatic heterocycles. The van der Waals surface area contributed by atoms with Crippen molar-refractivity contribution in [3.05, 3.63) is 48.4 Å². The Bertz CT molecular complexity index is 348. The van der Waals surface area contributed by atoms with E-state index in [-0.39, 0.29) is 11.5 Å². The van der Waals surface area contributed by atoms with Crippen molar-refractivity contribution in [3.8, 4) is 11.5 Å². The van der Waals surface area contributed by atoms with Gasteiger partial charge in [-0.1, -0.05) is 0 Å². The predicted molar refractivity (Wildman–Crippen MR) is 67.2 cm³/mol. The zero-order valence-electron chi connectivity index (χ0n) is 10.3. The number of phenolic OH excluding ortho intramolecular Hbond substituents is 1. The molecule has 0 aliphatic heterocycles. The first-order chi connectivity index (χ1) is 8.10. The summed E-state index contributed by atoms with van der Waals surface area (Å²) in [5.41, 5.74) is 0. The molecule has 1 aromatic rings. The van der Waals surface area contributed by atoms with E-state index in [1.165, 1.54) is 6.26 Å². The van der Waals surface area contributed by atoms with Crippen LogP contribution in [0.2, 0.25) is 0 Å². The van der Waals surface area contributed by atoms with Crippen molar-refractivity contribution >= 4 is 0 Å². The number of aromatic hydroxyl groups is 1. The highest BCUT2D eigenvalue weighted by Gasteiger charge is 1.87. The summed E-state index contributed by atoms with van der Waals surface area (Å²) < 4.78 is 9.41. The van der Waals surface area contributed by atoms with Crippen LogP contribution in [0.1, 0.15) is 6.92 Å². The molecule has 0 radical (unpaired) electrons. The first kappa shape index (κ1) is 14.9. The SMILES string of the molecule is CO/C=C/C=C(\C)O.COc1ccc(O)cc1. The second kappa shape index (κ2) is 9.15. The molecule has 17 heavy (non-hydrogen) atoms. The van der Waals surface area contributed by atoms with Crippen molar-refractivity contribution in [2.24, 2.45) is 0 Å². The number of phenols is 1. The number of aliphatic hydroxyl groups is 1. The number of ether oxygens (including phenoxy) is 2. The number of hydrogen-bond acceptors (Lipinski definition) is 4. The summed E-state index contributed by atoms with van der Waals surface area (Å²) in [4.78, 5) is 0.